The van der Waals surface area contributed by atoms with Crippen molar-refractivity contribution in [2.75, 3.05) is 0 Å². The van der Waals surface area contributed by atoms with Crippen LogP contribution in [0.3, 0.4) is 0 Å². The highest BCUT2D eigenvalue weighted by molar-refractivity contribution is 7.14. The highest BCUT2D eigenvalue weighted by atomic mass is 35.5. The smallest absolute Gasteiger partial charge is 0.229 e. The number of carbonyl (C=O) groups is 2. The summed E-state index contributed by atoms with van der Waals surface area (Å²) in [6.45, 7) is 1.73. The number of hydrogen-bond donors (Lipinski definition) is 0. The van der Waals surface area contributed by atoms with Crippen molar-refractivity contribution in [2.24, 2.45) is 0 Å². The van der Waals surface area contributed by atoms with E-state index in [0.717, 1.165) is 4.88 Å². The van der Waals surface area contributed by atoms with Crippen LogP contribution in [0.1, 0.15) is 33.0 Å². The van der Waals surface area contributed by atoms with Gasteiger partial charge in [-0.3, -0.25) is 9.59 Å². The summed E-state index contributed by atoms with van der Waals surface area (Å²) in [5.74, 6) is -0.393. The quantitative estimate of drug-likeness (QED) is 0.629. The van der Waals surface area contributed by atoms with Gasteiger partial charge in [0, 0.05) is 10.4 Å². The average molecular weight is 279 g/mol. The van der Waals surface area contributed by atoms with Gasteiger partial charge in [-0.2, -0.15) is 0 Å². The molecule has 1 aromatic heterocycles. The third-order valence-electron chi connectivity index (χ3n) is 2.65. The Morgan fingerprint density at radius 1 is 1.11 bits per heavy atom. The van der Waals surface area contributed by atoms with Crippen molar-refractivity contribution >= 4 is 34.0 Å². The molecule has 1 heterocycles. The first-order valence-corrected chi connectivity index (χ1v) is 6.68. The lowest BCUT2D eigenvalue weighted by Gasteiger charge is -2.01. The Kier molecular flexibility index (Phi) is 3.94. The Bertz CT molecular complexity index is 574. The van der Waals surface area contributed by atoms with E-state index in [9.17, 15) is 9.59 Å². The molecule has 1 atom stereocenters. The molecule has 0 spiro atoms. The molecule has 4 heteroatoms. The third-order valence-corrected chi connectivity index (χ3v) is 4.25. The van der Waals surface area contributed by atoms with Crippen molar-refractivity contribution < 1.29 is 9.59 Å². The van der Waals surface area contributed by atoms with Gasteiger partial charge in [-0.25, -0.2) is 0 Å². The van der Waals surface area contributed by atoms with Crippen molar-refractivity contribution in [1.29, 1.82) is 0 Å². The van der Waals surface area contributed by atoms with Crippen LogP contribution < -0.4 is 0 Å². The van der Waals surface area contributed by atoms with Crippen molar-refractivity contribution in [2.45, 2.75) is 12.8 Å². The number of halogens is 1. The predicted octanol–water partition coefficient (Wildman–Crippen LogP) is 3.85. The maximum atomic E-state index is 12.1. The van der Waals surface area contributed by atoms with Gasteiger partial charge in [0.2, 0.25) is 11.0 Å². The van der Waals surface area contributed by atoms with E-state index in [1.807, 2.05) is 18.2 Å². The van der Waals surface area contributed by atoms with E-state index >= 15 is 0 Å². The SMILES string of the molecule is C[C@H](C(=O)Cl)c1ccc(C(=O)c2ccccc2)s1. The topological polar surface area (TPSA) is 34.1 Å². The summed E-state index contributed by atoms with van der Waals surface area (Å²) in [6, 6.07) is 12.6. The lowest BCUT2D eigenvalue weighted by atomic mass is 10.1. The highest BCUT2D eigenvalue weighted by Crippen LogP contribution is 2.27. The lowest BCUT2D eigenvalue weighted by Crippen LogP contribution is -1.99. The van der Waals surface area contributed by atoms with Gasteiger partial charge in [0.05, 0.1) is 10.8 Å². The highest BCUT2D eigenvalue weighted by Gasteiger charge is 2.18. The van der Waals surface area contributed by atoms with Gasteiger partial charge in [-0.05, 0) is 30.7 Å². The molecule has 2 nitrogen and oxygen atoms in total. The Hall–Kier alpha value is -1.45. The van der Waals surface area contributed by atoms with Gasteiger partial charge in [-0.1, -0.05) is 30.3 Å². The summed E-state index contributed by atoms with van der Waals surface area (Å²) >= 11 is 6.77. The van der Waals surface area contributed by atoms with Crippen LogP contribution in [0.25, 0.3) is 0 Å². The molecule has 2 aromatic rings. The van der Waals surface area contributed by atoms with Gasteiger partial charge in [0.15, 0.2) is 0 Å². The molecule has 18 heavy (non-hydrogen) atoms. The molecule has 0 aliphatic carbocycles. The molecular weight excluding hydrogens is 268 g/mol. The number of carbonyl (C=O) groups excluding carboxylic acids is 2. The van der Waals surface area contributed by atoms with Crippen LogP contribution in [0.5, 0.6) is 0 Å². The molecule has 0 unspecified atom stereocenters. The van der Waals surface area contributed by atoms with Crippen LogP contribution in [0.15, 0.2) is 42.5 Å². The van der Waals surface area contributed by atoms with Crippen LogP contribution in [0.4, 0.5) is 0 Å². The molecule has 0 saturated carbocycles. The van der Waals surface area contributed by atoms with E-state index in [4.69, 9.17) is 11.6 Å². The minimum absolute atomic E-state index is 0.0268. The third kappa shape index (κ3) is 2.68. The summed E-state index contributed by atoms with van der Waals surface area (Å²) in [5, 5.41) is -0.407. The van der Waals surface area contributed by atoms with Crippen LogP contribution in [0.2, 0.25) is 0 Å². The lowest BCUT2D eigenvalue weighted by molar-refractivity contribution is -0.112. The van der Waals surface area contributed by atoms with Crippen LogP contribution >= 0.6 is 22.9 Å². The first-order chi connectivity index (χ1) is 8.59. The number of ketones is 1. The second kappa shape index (κ2) is 5.46. The molecule has 92 valence electrons. The summed E-state index contributed by atoms with van der Waals surface area (Å²) in [6.07, 6.45) is 0. The zero-order valence-electron chi connectivity index (χ0n) is 9.72. The van der Waals surface area contributed by atoms with Crippen molar-refractivity contribution in [3.05, 3.63) is 57.8 Å². The van der Waals surface area contributed by atoms with E-state index < -0.39 is 5.24 Å². The van der Waals surface area contributed by atoms with E-state index in [-0.39, 0.29) is 11.7 Å². The number of hydrogen-bond acceptors (Lipinski definition) is 3. The Morgan fingerprint density at radius 2 is 1.78 bits per heavy atom. The Labute approximate surface area is 114 Å². The largest absolute Gasteiger partial charge is 0.288 e. The standard InChI is InChI=1S/C14H11ClO2S/c1-9(14(15)17)11-7-8-12(18-11)13(16)10-5-3-2-4-6-10/h2-9H,1H3/t9-/m0/s1. The molecule has 0 radical (unpaired) electrons. The normalized spacial score (nSPS) is 12.1. The Morgan fingerprint density at radius 3 is 2.39 bits per heavy atom. The summed E-state index contributed by atoms with van der Waals surface area (Å²) in [5.41, 5.74) is 0.649. The van der Waals surface area contributed by atoms with Crippen molar-refractivity contribution in [3.63, 3.8) is 0 Å². The fourth-order valence-electron chi connectivity index (χ4n) is 1.55. The molecule has 0 N–H and O–H groups in total. The van der Waals surface area contributed by atoms with E-state index in [1.54, 1.807) is 31.2 Å². The number of rotatable bonds is 4. The molecule has 1 aromatic carbocycles. The van der Waals surface area contributed by atoms with Gasteiger partial charge in [-0.15, -0.1) is 11.3 Å². The molecular formula is C14H11ClO2S. The Balaban J connectivity index is 2.26. The molecule has 0 amide bonds. The van der Waals surface area contributed by atoms with Crippen molar-refractivity contribution in [1.82, 2.24) is 0 Å². The first-order valence-electron chi connectivity index (χ1n) is 5.48. The first kappa shape index (κ1) is 13.0. The fourth-order valence-corrected chi connectivity index (χ4v) is 2.75. The second-order valence-corrected chi connectivity index (χ2v) is 5.41. The maximum absolute atomic E-state index is 12.1. The fraction of sp³-hybridized carbons (Fsp3) is 0.143. The molecule has 2 rings (SSSR count). The average Bonchev–Trinajstić information content (AvgIpc) is 2.87. The molecule has 0 aliphatic rings. The zero-order chi connectivity index (χ0) is 13.1. The minimum atomic E-state index is -0.407. The van der Waals surface area contributed by atoms with Gasteiger partial charge < -0.3 is 0 Å². The zero-order valence-corrected chi connectivity index (χ0v) is 11.3. The van der Waals surface area contributed by atoms with Crippen LogP contribution in [-0.2, 0) is 4.79 Å². The van der Waals surface area contributed by atoms with E-state index in [2.05, 4.69) is 0 Å². The van der Waals surface area contributed by atoms with E-state index in [1.165, 1.54) is 11.3 Å². The monoisotopic (exact) mass is 278 g/mol. The summed E-state index contributed by atoms with van der Waals surface area (Å²) < 4.78 is 0. The molecule has 0 saturated heterocycles. The van der Waals surface area contributed by atoms with Crippen LogP contribution in [-0.4, -0.2) is 11.0 Å². The predicted molar refractivity (Wildman–Crippen MR) is 73.5 cm³/mol. The van der Waals surface area contributed by atoms with Crippen molar-refractivity contribution in [3.8, 4) is 0 Å². The summed E-state index contributed by atoms with van der Waals surface area (Å²) in [4.78, 5) is 24.7. The summed E-state index contributed by atoms with van der Waals surface area (Å²) in [7, 11) is 0. The minimum Gasteiger partial charge on any atom is -0.288 e. The van der Waals surface area contributed by atoms with Gasteiger partial charge in [0.25, 0.3) is 0 Å². The maximum Gasteiger partial charge on any atom is 0.229 e. The van der Waals surface area contributed by atoms with Gasteiger partial charge >= 0.3 is 0 Å². The number of benzene rings is 1. The van der Waals surface area contributed by atoms with Crippen LogP contribution in [0, 0.1) is 0 Å². The molecule has 0 bridgehead atoms. The molecule has 0 aliphatic heterocycles. The molecule has 0 fully saturated rings. The van der Waals surface area contributed by atoms with E-state index in [0.29, 0.717) is 10.4 Å². The second-order valence-electron chi connectivity index (χ2n) is 3.92. The van der Waals surface area contributed by atoms with Gasteiger partial charge in [0.1, 0.15) is 0 Å². The number of thiophene rings is 1.